The molecule has 2 aromatic rings. The largest absolute Gasteiger partial charge is 0.316 e. The summed E-state index contributed by atoms with van der Waals surface area (Å²) in [6.07, 6.45) is 3.55. The third-order valence-corrected chi connectivity index (χ3v) is 2.59. The van der Waals surface area contributed by atoms with E-state index in [9.17, 15) is 4.39 Å². The highest BCUT2D eigenvalue weighted by molar-refractivity contribution is 5.55. The first-order chi connectivity index (χ1) is 8.70. The van der Waals surface area contributed by atoms with E-state index in [0.29, 0.717) is 5.95 Å². The monoisotopic (exact) mass is 246 g/mol. The van der Waals surface area contributed by atoms with Gasteiger partial charge in [-0.25, -0.2) is 14.4 Å². The van der Waals surface area contributed by atoms with Crippen LogP contribution in [0.2, 0.25) is 0 Å². The first-order valence-corrected chi connectivity index (χ1v) is 5.65. The highest BCUT2D eigenvalue weighted by Crippen LogP contribution is 2.19. The van der Waals surface area contributed by atoms with Gasteiger partial charge in [0.05, 0.1) is 0 Å². The van der Waals surface area contributed by atoms with Crippen LogP contribution < -0.4 is 10.2 Å². The molecular weight excluding hydrogens is 231 g/mol. The summed E-state index contributed by atoms with van der Waals surface area (Å²) >= 11 is 0. The van der Waals surface area contributed by atoms with Crippen molar-refractivity contribution >= 4 is 11.6 Å². The Kier molecular flexibility index (Phi) is 3.84. The molecule has 0 saturated heterocycles. The van der Waals surface area contributed by atoms with Crippen LogP contribution in [0.5, 0.6) is 0 Å². The van der Waals surface area contributed by atoms with E-state index in [4.69, 9.17) is 0 Å². The fraction of sp³-hybridized carbons (Fsp3) is 0.231. The van der Waals surface area contributed by atoms with Crippen LogP contribution in [0.15, 0.2) is 36.7 Å². The van der Waals surface area contributed by atoms with Gasteiger partial charge in [-0.05, 0) is 31.3 Å². The Morgan fingerprint density at radius 1 is 1.17 bits per heavy atom. The van der Waals surface area contributed by atoms with Gasteiger partial charge in [-0.3, -0.25) is 0 Å². The van der Waals surface area contributed by atoms with E-state index in [1.807, 2.05) is 19.0 Å². The molecule has 0 amide bonds. The smallest absolute Gasteiger partial charge is 0.229 e. The first-order valence-electron chi connectivity index (χ1n) is 5.65. The molecule has 94 valence electrons. The maximum atomic E-state index is 12.8. The molecule has 0 fully saturated rings. The molecule has 18 heavy (non-hydrogen) atoms. The van der Waals surface area contributed by atoms with Crippen LogP contribution in [0.25, 0.3) is 0 Å². The lowest BCUT2D eigenvalue weighted by Crippen LogP contribution is -2.14. The highest BCUT2D eigenvalue weighted by atomic mass is 19.1. The van der Waals surface area contributed by atoms with Gasteiger partial charge in [0.15, 0.2) is 0 Å². The van der Waals surface area contributed by atoms with Crippen molar-refractivity contribution in [2.24, 2.45) is 0 Å². The quantitative estimate of drug-likeness (QED) is 0.897. The molecule has 1 N–H and O–H groups in total. The topological polar surface area (TPSA) is 41.1 Å². The molecule has 0 radical (unpaired) electrons. The van der Waals surface area contributed by atoms with E-state index >= 15 is 0 Å². The molecule has 0 aliphatic carbocycles. The second-order valence-corrected chi connectivity index (χ2v) is 3.96. The predicted octanol–water partition coefficient (Wildman–Crippen LogP) is 2.10. The minimum absolute atomic E-state index is 0.252. The lowest BCUT2D eigenvalue weighted by Gasteiger charge is -2.17. The summed E-state index contributed by atoms with van der Waals surface area (Å²) in [4.78, 5) is 10.4. The summed E-state index contributed by atoms with van der Waals surface area (Å²) in [6, 6.07) is 6.23. The molecule has 2 rings (SSSR count). The van der Waals surface area contributed by atoms with Gasteiger partial charge in [0.2, 0.25) is 5.95 Å². The number of halogens is 1. The fourth-order valence-electron chi connectivity index (χ4n) is 1.60. The number of hydrogen-bond acceptors (Lipinski definition) is 4. The van der Waals surface area contributed by atoms with Crippen molar-refractivity contribution in [1.82, 2.24) is 15.3 Å². The molecule has 0 spiro atoms. The number of aromatic nitrogens is 2. The van der Waals surface area contributed by atoms with E-state index in [-0.39, 0.29) is 5.82 Å². The maximum absolute atomic E-state index is 12.8. The number of rotatable bonds is 4. The summed E-state index contributed by atoms with van der Waals surface area (Å²) < 4.78 is 12.8. The van der Waals surface area contributed by atoms with Crippen molar-refractivity contribution in [2.45, 2.75) is 6.54 Å². The molecule has 0 atom stereocenters. The Morgan fingerprint density at radius 2 is 1.78 bits per heavy atom. The molecule has 0 aliphatic rings. The third kappa shape index (κ3) is 2.81. The maximum Gasteiger partial charge on any atom is 0.229 e. The van der Waals surface area contributed by atoms with Crippen molar-refractivity contribution in [1.29, 1.82) is 0 Å². The zero-order chi connectivity index (χ0) is 13.0. The molecule has 5 heteroatoms. The minimum atomic E-state index is -0.252. The van der Waals surface area contributed by atoms with E-state index in [0.717, 1.165) is 17.8 Å². The molecule has 1 aromatic heterocycles. The molecule has 0 unspecified atom stereocenters. The van der Waals surface area contributed by atoms with Gasteiger partial charge in [0, 0.05) is 37.2 Å². The summed E-state index contributed by atoms with van der Waals surface area (Å²) in [5.74, 6) is 0.332. The zero-order valence-corrected chi connectivity index (χ0v) is 10.4. The normalized spacial score (nSPS) is 10.4. The van der Waals surface area contributed by atoms with Crippen molar-refractivity contribution in [3.05, 3.63) is 48.0 Å². The van der Waals surface area contributed by atoms with E-state index < -0.39 is 0 Å². The van der Waals surface area contributed by atoms with Crippen LogP contribution in [0, 0.1) is 5.82 Å². The fourth-order valence-corrected chi connectivity index (χ4v) is 1.60. The molecule has 4 nitrogen and oxygen atoms in total. The predicted molar refractivity (Wildman–Crippen MR) is 69.3 cm³/mol. The SMILES string of the molecule is CNCc1cnc(N(C)c2ccc(F)cc2)nc1. The van der Waals surface area contributed by atoms with Crippen LogP contribution in [0.1, 0.15) is 5.56 Å². The van der Waals surface area contributed by atoms with Crippen LogP contribution >= 0.6 is 0 Å². The Balaban J connectivity index is 2.17. The number of benzene rings is 1. The van der Waals surface area contributed by atoms with Crippen molar-refractivity contribution in [2.75, 3.05) is 19.0 Å². The molecule has 1 heterocycles. The van der Waals surface area contributed by atoms with Crippen LogP contribution in [-0.4, -0.2) is 24.1 Å². The summed E-state index contributed by atoms with van der Waals surface area (Å²) in [5, 5.41) is 3.04. The Hall–Kier alpha value is -2.01. The summed E-state index contributed by atoms with van der Waals surface area (Å²) in [5.41, 5.74) is 1.87. The number of anilines is 2. The van der Waals surface area contributed by atoms with Gasteiger partial charge in [-0.1, -0.05) is 0 Å². The Labute approximate surface area is 105 Å². The molecular formula is C13H15FN4. The molecule has 0 bridgehead atoms. The van der Waals surface area contributed by atoms with E-state index in [1.54, 1.807) is 24.5 Å². The lowest BCUT2D eigenvalue weighted by atomic mass is 10.3. The minimum Gasteiger partial charge on any atom is -0.316 e. The van der Waals surface area contributed by atoms with E-state index in [1.165, 1.54) is 12.1 Å². The second kappa shape index (κ2) is 5.55. The summed E-state index contributed by atoms with van der Waals surface area (Å²) in [7, 11) is 3.72. The number of nitrogens with one attached hydrogen (secondary N) is 1. The van der Waals surface area contributed by atoms with Gasteiger partial charge < -0.3 is 10.2 Å². The Bertz CT molecular complexity index is 495. The highest BCUT2D eigenvalue weighted by Gasteiger charge is 2.06. The van der Waals surface area contributed by atoms with Crippen LogP contribution in [-0.2, 0) is 6.54 Å². The summed E-state index contributed by atoms with van der Waals surface area (Å²) in [6.45, 7) is 0.737. The Morgan fingerprint density at radius 3 is 2.33 bits per heavy atom. The van der Waals surface area contributed by atoms with Crippen molar-refractivity contribution < 1.29 is 4.39 Å². The van der Waals surface area contributed by atoms with Crippen molar-refractivity contribution in [3.63, 3.8) is 0 Å². The van der Waals surface area contributed by atoms with Crippen LogP contribution in [0.4, 0.5) is 16.0 Å². The number of nitrogens with zero attached hydrogens (tertiary/aromatic N) is 3. The van der Waals surface area contributed by atoms with Crippen molar-refractivity contribution in [3.8, 4) is 0 Å². The molecule has 1 aromatic carbocycles. The lowest BCUT2D eigenvalue weighted by molar-refractivity contribution is 0.628. The number of hydrogen-bond donors (Lipinski definition) is 1. The average molecular weight is 246 g/mol. The van der Waals surface area contributed by atoms with Gasteiger partial charge in [-0.2, -0.15) is 0 Å². The van der Waals surface area contributed by atoms with Gasteiger partial charge >= 0.3 is 0 Å². The second-order valence-electron chi connectivity index (χ2n) is 3.96. The van der Waals surface area contributed by atoms with Gasteiger partial charge in [-0.15, -0.1) is 0 Å². The standard InChI is InChI=1S/C13H15FN4/c1-15-7-10-8-16-13(17-9-10)18(2)12-5-3-11(14)4-6-12/h3-6,8-9,15H,7H2,1-2H3. The van der Waals surface area contributed by atoms with Gasteiger partial charge in [0.1, 0.15) is 5.82 Å². The first kappa shape index (κ1) is 12.4. The molecule has 0 aliphatic heterocycles. The van der Waals surface area contributed by atoms with Crippen LogP contribution in [0.3, 0.4) is 0 Å². The third-order valence-electron chi connectivity index (χ3n) is 2.59. The average Bonchev–Trinajstić information content (AvgIpc) is 2.40. The van der Waals surface area contributed by atoms with E-state index in [2.05, 4.69) is 15.3 Å². The molecule has 0 saturated carbocycles. The zero-order valence-electron chi connectivity index (χ0n) is 10.4. The van der Waals surface area contributed by atoms with Gasteiger partial charge in [0.25, 0.3) is 0 Å².